The van der Waals surface area contributed by atoms with E-state index in [1.807, 2.05) is 32.2 Å². The minimum Gasteiger partial charge on any atom is -0.486 e. The van der Waals surface area contributed by atoms with E-state index in [1.165, 1.54) is 5.56 Å². The fraction of sp³-hybridized carbons (Fsp3) is 0.583. The van der Waals surface area contributed by atoms with Gasteiger partial charge in [-0.3, -0.25) is 4.98 Å². The normalized spacial score (nSPS) is 27.0. The van der Waals surface area contributed by atoms with Gasteiger partial charge in [0.1, 0.15) is 17.7 Å². The second kappa shape index (κ2) is 7.60. The number of fused-ring (bicyclic) bond motifs is 1. The molecule has 1 aliphatic heterocycles. The van der Waals surface area contributed by atoms with E-state index in [4.69, 9.17) is 4.74 Å². The van der Waals surface area contributed by atoms with Crippen LogP contribution < -0.4 is 9.64 Å². The first-order valence-electron chi connectivity index (χ1n) is 10.7. The first-order valence-corrected chi connectivity index (χ1v) is 10.7. The van der Waals surface area contributed by atoms with Crippen molar-refractivity contribution < 1.29 is 9.84 Å². The summed E-state index contributed by atoms with van der Waals surface area (Å²) in [5, 5.41) is 10.8. The molecule has 0 unspecified atom stereocenters. The van der Waals surface area contributed by atoms with E-state index in [0.717, 1.165) is 48.9 Å². The van der Waals surface area contributed by atoms with Gasteiger partial charge in [-0.25, -0.2) is 4.98 Å². The number of nitrogens with zero attached hydrogens (tertiary/aromatic N) is 3. The van der Waals surface area contributed by atoms with Crippen molar-refractivity contribution in [2.24, 2.45) is 11.8 Å². The summed E-state index contributed by atoms with van der Waals surface area (Å²) in [4.78, 5) is 11.5. The predicted molar refractivity (Wildman–Crippen MR) is 115 cm³/mol. The molecule has 2 aromatic heterocycles. The zero-order valence-electron chi connectivity index (χ0n) is 18.2. The zero-order chi connectivity index (χ0) is 20.8. The summed E-state index contributed by atoms with van der Waals surface area (Å²) < 4.78 is 6.22. The Kier molecular flexibility index (Phi) is 5.28. The molecule has 29 heavy (non-hydrogen) atoms. The minimum absolute atomic E-state index is 0.110. The standard InChI is InChI=1S/C24H33N3O2/c1-15-6-7-21(16(2)26-15)29-22-11-18-14-27(13-17(18)10-20(22)28)23-12-19(8-9-25-23)24(3,4)5/h6-9,12,17-18,20,22,28H,10-11,13-14H2,1-5H3/t17-,18+,20+,22+/m0/s1. The van der Waals surface area contributed by atoms with Crippen LogP contribution in [0.2, 0.25) is 0 Å². The highest BCUT2D eigenvalue weighted by atomic mass is 16.5. The first kappa shape index (κ1) is 20.1. The van der Waals surface area contributed by atoms with Gasteiger partial charge >= 0.3 is 0 Å². The molecule has 2 fully saturated rings. The number of ether oxygens (including phenoxy) is 1. The second-order valence-electron chi connectivity index (χ2n) is 9.81. The maximum Gasteiger partial charge on any atom is 0.141 e. The predicted octanol–water partition coefficient (Wildman–Crippen LogP) is 4.05. The Morgan fingerprint density at radius 1 is 1.07 bits per heavy atom. The average molecular weight is 396 g/mol. The van der Waals surface area contributed by atoms with Crippen molar-refractivity contribution in [2.75, 3.05) is 18.0 Å². The number of rotatable bonds is 3. The van der Waals surface area contributed by atoms with E-state index in [2.05, 4.69) is 47.8 Å². The SMILES string of the molecule is Cc1ccc(O[C@@H]2C[C@@H]3CN(c4cc(C(C)(C)C)ccn4)C[C@@H]3C[C@H]2O)c(C)n1. The Bertz CT molecular complexity index is 877. The third-order valence-electron chi connectivity index (χ3n) is 6.48. The maximum atomic E-state index is 10.8. The fourth-order valence-electron chi connectivity index (χ4n) is 4.72. The number of aromatic nitrogens is 2. The van der Waals surface area contributed by atoms with Crippen molar-refractivity contribution >= 4 is 5.82 Å². The molecular weight excluding hydrogens is 362 g/mol. The second-order valence-corrected chi connectivity index (χ2v) is 9.81. The first-order chi connectivity index (χ1) is 13.7. The Morgan fingerprint density at radius 2 is 1.79 bits per heavy atom. The number of aliphatic hydroxyl groups excluding tert-OH is 1. The van der Waals surface area contributed by atoms with Crippen LogP contribution in [0.25, 0.3) is 0 Å². The molecule has 156 valence electrons. The molecule has 0 spiro atoms. The van der Waals surface area contributed by atoms with Gasteiger partial charge in [0.05, 0.1) is 11.8 Å². The third kappa shape index (κ3) is 4.25. The van der Waals surface area contributed by atoms with Crippen molar-refractivity contribution in [3.63, 3.8) is 0 Å². The average Bonchev–Trinajstić information content (AvgIpc) is 3.06. The molecule has 1 N–H and O–H groups in total. The molecular formula is C24H33N3O2. The Morgan fingerprint density at radius 3 is 2.48 bits per heavy atom. The molecule has 2 aromatic rings. The van der Waals surface area contributed by atoms with Crippen molar-refractivity contribution in [3.05, 3.63) is 47.4 Å². The molecule has 5 nitrogen and oxygen atoms in total. The molecule has 2 aliphatic rings. The zero-order valence-corrected chi connectivity index (χ0v) is 18.2. The highest BCUT2D eigenvalue weighted by Gasteiger charge is 2.43. The number of hydrogen-bond donors (Lipinski definition) is 1. The van der Waals surface area contributed by atoms with Gasteiger partial charge in [-0.15, -0.1) is 0 Å². The van der Waals surface area contributed by atoms with Crippen LogP contribution in [0.4, 0.5) is 5.82 Å². The van der Waals surface area contributed by atoms with E-state index < -0.39 is 6.10 Å². The summed E-state index contributed by atoms with van der Waals surface area (Å²) >= 11 is 0. The van der Waals surface area contributed by atoms with Crippen molar-refractivity contribution in [3.8, 4) is 5.75 Å². The van der Waals surface area contributed by atoms with Crippen LogP contribution in [0.3, 0.4) is 0 Å². The maximum absolute atomic E-state index is 10.8. The molecule has 1 saturated carbocycles. The van der Waals surface area contributed by atoms with Crippen LogP contribution in [0, 0.1) is 25.7 Å². The highest BCUT2D eigenvalue weighted by Crippen LogP contribution is 2.40. The Hall–Kier alpha value is -2.14. The van der Waals surface area contributed by atoms with Gasteiger partial charge in [-0.1, -0.05) is 20.8 Å². The molecule has 4 rings (SSSR count). The quantitative estimate of drug-likeness (QED) is 0.850. The van der Waals surface area contributed by atoms with Crippen molar-refractivity contribution in [1.29, 1.82) is 0 Å². The lowest BCUT2D eigenvalue weighted by atomic mass is 9.78. The molecule has 4 atom stereocenters. The van der Waals surface area contributed by atoms with Crippen molar-refractivity contribution in [2.45, 2.75) is 65.1 Å². The van der Waals surface area contributed by atoms with E-state index in [9.17, 15) is 5.11 Å². The van der Waals surface area contributed by atoms with Crippen LogP contribution >= 0.6 is 0 Å². The van der Waals surface area contributed by atoms with Gasteiger partial charge in [-0.05, 0) is 73.8 Å². The lowest BCUT2D eigenvalue weighted by Gasteiger charge is -2.35. The molecule has 1 saturated heterocycles. The summed E-state index contributed by atoms with van der Waals surface area (Å²) in [6.07, 6.45) is 2.96. The van der Waals surface area contributed by atoms with Gasteiger partial charge < -0.3 is 14.7 Å². The summed E-state index contributed by atoms with van der Waals surface area (Å²) in [6.45, 7) is 12.6. The summed E-state index contributed by atoms with van der Waals surface area (Å²) in [7, 11) is 0. The smallest absolute Gasteiger partial charge is 0.141 e. The molecule has 0 amide bonds. The molecule has 0 aromatic carbocycles. The molecule has 1 aliphatic carbocycles. The lowest BCUT2D eigenvalue weighted by Crippen LogP contribution is -2.42. The minimum atomic E-state index is -0.439. The Balaban J connectivity index is 1.46. The van der Waals surface area contributed by atoms with Crippen LogP contribution in [0.5, 0.6) is 5.75 Å². The van der Waals surface area contributed by atoms with Gasteiger partial charge in [0, 0.05) is 25.0 Å². The van der Waals surface area contributed by atoms with Crippen LogP contribution in [-0.4, -0.2) is 40.4 Å². The summed E-state index contributed by atoms with van der Waals surface area (Å²) in [6, 6.07) is 8.27. The number of aliphatic hydroxyl groups is 1. The molecule has 3 heterocycles. The van der Waals surface area contributed by atoms with E-state index in [1.54, 1.807) is 0 Å². The fourth-order valence-corrected chi connectivity index (χ4v) is 4.72. The monoisotopic (exact) mass is 395 g/mol. The largest absolute Gasteiger partial charge is 0.486 e. The van der Waals surface area contributed by atoms with E-state index in [-0.39, 0.29) is 11.5 Å². The van der Waals surface area contributed by atoms with Crippen LogP contribution in [0.1, 0.15) is 50.6 Å². The summed E-state index contributed by atoms with van der Waals surface area (Å²) in [5.41, 5.74) is 3.28. The van der Waals surface area contributed by atoms with Gasteiger partial charge in [0.25, 0.3) is 0 Å². The van der Waals surface area contributed by atoms with Gasteiger partial charge in [0.2, 0.25) is 0 Å². The highest BCUT2D eigenvalue weighted by molar-refractivity contribution is 5.44. The number of hydrogen-bond acceptors (Lipinski definition) is 5. The molecule has 5 heteroatoms. The van der Waals surface area contributed by atoms with Gasteiger partial charge in [-0.2, -0.15) is 0 Å². The topological polar surface area (TPSA) is 58.5 Å². The number of aryl methyl sites for hydroxylation is 2. The lowest BCUT2D eigenvalue weighted by molar-refractivity contribution is -0.0236. The third-order valence-corrected chi connectivity index (χ3v) is 6.48. The van der Waals surface area contributed by atoms with Gasteiger partial charge in [0.15, 0.2) is 0 Å². The van der Waals surface area contributed by atoms with E-state index in [0.29, 0.717) is 11.8 Å². The number of anilines is 1. The van der Waals surface area contributed by atoms with Crippen LogP contribution in [0.15, 0.2) is 30.5 Å². The number of pyridine rings is 2. The molecule has 0 radical (unpaired) electrons. The summed E-state index contributed by atoms with van der Waals surface area (Å²) in [5.74, 6) is 2.84. The molecule has 0 bridgehead atoms. The Labute approximate surface area is 174 Å². The van der Waals surface area contributed by atoms with Crippen molar-refractivity contribution in [1.82, 2.24) is 9.97 Å². The van der Waals surface area contributed by atoms with Crippen LogP contribution in [-0.2, 0) is 5.41 Å². The van der Waals surface area contributed by atoms with E-state index >= 15 is 0 Å².